The van der Waals surface area contributed by atoms with Crippen LogP contribution in [0.2, 0.25) is 0 Å². The van der Waals surface area contributed by atoms with E-state index in [4.69, 9.17) is 0 Å². The van der Waals surface area contributed by atoms with Crippen LogP contribution in [0.5, 0.6) is 0 Å². The lowest BCUT2D eigenvalue weighted by molar-refractivity contribution is 0.148. The molecular weight excluding hydrogens is 274 g/mol. The van der Waals surface area contributed by atoms with Crippen LogP contribution in [-0.4, -0.2) is 53.0 Å². The van der Waals surface area contributed by atoms with E-state index in [1.165, 1.54) is 37.3 Å². The van der Waals surface area contributed by atoms with Crippen molar-refractivity contribution in [1.29, 1.82) is 0 Å². The van der Waals surface area contributed by atoms with Gasteiger partial charge in [0.2, 0.25) is 0 Å². The van der Waals surface area contributed by atoms with Gasteiger partial charge in [0.15, 0.2) is 0 Å². The number of imidazole rings is 1. The number of rotatable bonds is 6. The smallest absolute Gasteiger partial charge is 0.120 e. The van der Waals surface area contributed by atoms with E-state index in [1.54, 1.807) is 6.20 Å². The minimum Gasteiger partial charge on any atom is -0.348 e. The molecule has 2 N–H and O–H groups in total. The molecule has 0 spiro atoms. The van der Waals surface area contributed by atoms with Gasteiger partial charge in [0, 0.05) is 51.7 Å². The number of hydrogen-bond acceptors (Lipinski definition) is 4. The van der Waals surface area contributed by atoms with E-state index in [9.17, 15) is 0 Å². The molecule has 1 saturated heterocycles. The summed E-state index contributed by atoms with van der Waals surface area (Å²) in [6.07, 6.45) is 3.63. The van der Waals surface area contributed by atoms with Crippen LogP contribution in [0, 0.1) is 0 Å². The highest BCUT2D eigenvalue weighted by molar-refractivity contribution is 5.22. The summed E-state index contributed by atoms with van der Waals surface area (Å²) >= 11 is 0. The first-order valence-corrected chi connectivity index (χ1v) is 7.97. The number of benzene rings is 1. The molecule has 0 bridgehead atoms. The van der Waals surface area contributed by atoms with Crippen LogP contribution < -0.4 is 5.32 Å². The third-order valence-electron chi connectivity index (χ3n) is 4.20. The molecule has 0 aliphatic carbocycles. The van der Waals surface area contributed by atoms with Crippen molar-refractivity contribution < 1.29 is 0 Å². The summed E-state index contributed by atoms with van der Waals surface area (Å²) in [5.41, 5.74) is 2.72. The van der Waals surface area contributed by atoms with E-state index in [0.29, 0.717) is 0 Å². The standard InChI is InChI=1S/C17H25N5/c1-21-8-10-22(11-9-21)14-16-4-2-15(3-5-16)12-18-13-17-19-6-7-20-17/h2-7,18H,8-14H2,1H3,(H,19,20). The number of hydrogen-bond donors (Lipinski definition) is 2. The Bertz CT molecular complexity index is 541. The lowest BCUT2D eigenvalue weighted by Gasteiger charge is -2.32. The Labute approximate surface area is 132 Å². The molecule has 22 heavy (non-hydrogen) atoms. The molecule has 2 aromatic rings. The Morgan fingerprint density at radius 2 is 1.77 bits per heavy atom. The van der Waals surface area contributed by atoms with Gasteiger partial charge in [-0.25, -0.2) is 4.98 Å². The molecule has 0 saturated carbocycles. The van der Waals surface area contributed by atoms with Crippen LogP contribution in [-0.2, 0) is 19.6 Å². The molecule has 0 amide bonds. The molecule has 5 nitrogen and oxygen atoms in total. The Hall–Kier alpha value is -1.69. The largest absolute Gasteiger partial charge is 0.348 e. The fourth-order valence-corrected chi connectivity index (χ4v) is 2.75. The van der Waals surface area contributed by atoms with E-state index in [-0.39, 0.29) is 0 Å². The van der Waals surface area contributed by atoms with Gasteiger partial charge in [-0.3, -0.25) is 4.90 Å². The minimum atomic E-state index is 0.774. The summed E-state index contributed by atoms with van der Waals surface area (Å²) in [7, 11) is 2.20. The Kier molecular flexibility index (Phi) is 5.21. The topological polar surface area (TPSA) is 47.2 Å². The molecule has 0 atom stereocenters. The molecule has 0 unspecified atom stereocenters. The van der Waals surface area contributed by atoms with Crippen LogP contribution >= 0.6 is 0 Å². The second-order valence-corrected chi connectivity index (χ2v) is 6.04. The Morgan fingerprint density at radius 1 is 1.05 bits per heavy atom. The zero-order chi connectivity index (χ0) is 15.2. The molecule has 3 rings (SSSR count). The molecular formula is C17H25N5. The number of piperazine rings is 1. The van der Waals surface area contributed by atoms with Gasteiger partial charge in [0.25, 0.3) is 0 Å². The van der Waals surface area contributed by atoms with Crippen molar-refractivity contribution in [2.45, 2.75) is 19.6 Å². The number of aromatic nitrogens is 2. The SMILES string of the molecule is CN1CCN(Cc2ccc(CNCc3ncc[nH]3)cc2)CC1. The van der Waals surface area contributed by atoms with E-state index in [1.807, 2.05) is 6.20 Å². The average molecular weight is 299 g/mol. The molecule has 1 aliphatic heterocycles. The monoisotopic (exact) mass is 299 g/mol. The summed E-state index contributed by atoms with van der Waals surface area (Å²) in [5, 5.41) is 3.40. The summed E-state index contributed by atoms with van der Waals surface area (Å²) in [5.74, 6) is 0.978. The first-order valence-electron chi connectivity index (χ1n) is 7.97. The number of likely N-dealkylation sites (N-methyl/N-ethyl adjacent to an activating group) is 1. The van der Waals surface area contributed by atoms with Gasteiger partial charge in [-0.15, -0.1) is 0 Å². The highest BCUT2D eigenvalue weighted by Gasteiger charge is 2.13. The quantitative estimate of drug-likeness (QED) is 0.847. The van der Waals surface area contributed by atoms with E-state index in [0.717, 1.165) is 25.5 Å². The number of H-pyrrole nitrogens is 1. The predicted molar refractivity (Wildman–Crippen MR) is 88.3 cm³/mol. The normalized spacial score (nSPS) is 17.0. The van der Waals surface area contributed by atoms with Crippen molar-refractivity contribution in [3.63, 3.8) is 0 Å². The van der Waals surface area contributed by atoms with E-state index < -0.39 is 0 Å². The first-order chi connectivity index (χ1) is 10.8. The maximum atomic E-state index is 4.20. The maximum Gasteiger partial charge on any atom is 0.120 e. The average Bonchev–Trinajstić information content (AvgIpc) is 3.05. The van der Waals surface area contributed by atoms with Gasteiger partial charge in [-0.1, -0.05) is 24.3 Å². The summed E-state index contributed by atoms with van der Waals surface area (Å²) in [6, 6.07) is 8.95. The number of nitrogens with one attached hydrogen (secondary N) is 2. The van der Waals surface area contributed by atoms with Gasteiger partial charge in [-0.05, 0) is 18.2 Å². The van der Waals surface area contributed by atoms with Gasteiger partial charge < -0.3 is 15.2 Å². The zero-order valence-corrected chi connectivity index (χ0v) is 13.3. The van der Waals surface area contributed by atoms with E-state index in [2.05, 4.69) is 56.4 Å². The summed E-state index contributed by atoms with van der Waals surface area (Å²) < 4.78 is 0. The van der Waals surface area contributed by atoms with Crippen molar-refractivity contribution in [3.8, 4) is 0 Å². The fraction of sp³-hybridized carbons (Fsp3) is 0.471. The number of nitrogens with zero attached hydrogens (tertiary/aromatic N) is 3. The second kappa shape index (κ2) is 7.54. The van der Waals surface area contributed by atoms with Gasteiger partial charge in [0.05, 0.1) is 6.54 Å². The molecule has 1 aliphatic rings. The second-order valence-electron chi connectivity index (χ2n) is 6.04. The fourth-order valence-electron chi connectivity index (χ4n) is 2.75. The van der Waals surface area contributed by atoms with Crippen molar-refractivity contribution in [2.75, 3.05) is 33.2 Å². The summed E-state index contributed by atoms with van der Waals surface area (Å²) in [4.78, 5) is 12.2. The zero-order valence-electron chi connectivity index (χ0n) is 13.3. The first kappa shape index (κ1) is 15.2. The lowest BCUT2D eigenvalue weighted by Crippen LogP contribution is -2.43. The molecule has 1 aromatic carbocycles. The molecule has 1 fully saturated rings. The highest BCUT2D eigenvalue weighted by Crippen LogP contribution is 2.09. The van der Waals surface area contributed by atoms with Gasteiger partial charge in [-0.2, -0.15) is 0 Å². The van der Waals surface area contributed by atoms with Crippen molar-refractivity contribution in [1.82, 2.24) is 25.1 Å². The van der Waals surface area contributed by atoms with Gasteiger partial charge >= 0.3 is 0 Å². The van der Waals surface area contributed by atoms with Crippen molar-refractivity contribution in [2.24, 2.45) is 0 Å². The molecule has 2 heterocycles. The van der Waals surface area contributed by atoms with Gasteiger partial charge in [0.1, 0.15) is 5.82 Å². The summed E-state index contributed by atoms with van der Waals surface area (Å²) in [6.45, 7) is 7.40. The third kappa shape index (κ3) is 4.40. The Morgan fingerprint density at radius 3 is 2.45 bits per heavy atom. The minimum absolute atomic E-state index is 0.774. The van der Waals surface area contributed by atoms with Crippen molar-refractivity contribution >= 4 is 0 Å². The molecule has 1 aromatic heterocycles. The highest BCUT2D eigenvalue weighted by atomic mass is 15.2. The van der Waals surface area contributed by atoms with E-state index >= 15 is 0 Å². The predicted octanol–water partition coefficient (Wildman–Crippen LogP) is 1.45. The van der Waals surface area contributed by atoms with Crippen molar-refractivity contribution in [3.05, 3.63) is 53.6 Å². The molecule has 0 radical (unpaired) electrons. The Balaban J connectivity index is 1.43. The molecule has 118 valence electrons. The lowest BCUT2D eigenvalue weighted by atomic mass is 10.1. The maximum absolute atomic E-state index is 4.20. The van der Waals surface area contributed by atoms with Crippen LogP contribution in [0.3, 0.4) is 0 Å². The third-order valence-corrected chi connectivity index (χ3v) is 4.20. The molecule has 5 heteroatoms. The van der Waals surface area contributed by atoms with Crippen LogP contribution in [0.4, 0.5) is 0 Å². The number of aromatic amines is 1. The van der Waals surface area contributed by atoms with Crippen LogP contribution in [0.1, 0.15) is 17.0 Å². The van der Waals surface area contributed by atoms with Crippen LogP contribution in [0.25, 0.3) is 0 Å². The van der Waals surface area contributed by atoms with Crippen LogP contribution in [0.15, 0.2) is 36.7 Å².